The first kappa shape index (κ1) is 19.5. The van der Waals surface area contributed by atoms with Gasteiger partial charge in [-0.1, -0.05) is 30.3 Å². The van der Waals surface area contributed by atoms with Gasteiger partial charge in [0.25, 0.3) is 0 Å². The number of furan rings is 1. The number of aromatic nitrogens is 3. The highest BCUT2D eigenvalue weighted by Gasteiger charge is 2.17. The summed E-state index contributed by atoms with van der Waals surface area (Å²) in [6, 6.07) is 11.3. The molecule has 0 fully saturated rings. The van der Waals surface area contributed by atoms with E-state index in [4.69, 9.17) is 16.0 Å². The zero-order chi connectivity index (χ0) is 19.2. The Balaban J connectivity index is 1.82. The molecule has 0 radical (unpaired) electrons. The molecule has 0 saturated heterocycles. The summed E-state index contributed by atoms with van der Waals surface area (Å²) in [5.41, 5.74) is 0.898. The number of halogens is 1. The molecule has 1 atom stereocenters. The molecule has 0 aliphatic rings. The van der Waals surface area contributed by atoms with Gasteiger partial charge in [-0.15, -0.1) is 10.2 Å². The van der Waals surface area contributed by atoms with Crippen molar-refractivity contribution >= 4 is 29.3 Å². The Labute approximate surface area is 167 Å². The zero-order valence-electron chi connectivity index (χ0n) is 15.2. The molecule has 3 rings (SSSR count). The van der Waals surface area contributed by atoms with Crippen LogP contribution in [0.25, 0.3) is 11.4 Å². The van der Waals surface area contributed by atoms with Gasteiger partial charge >= 0.3 is 0 Å². The average molecular weight is 405 g/mol. The van der Waals surface area contributed by atoms with Crippen molar-refractivity contribution < 1.29 is 9.21 Å². The Bertz CT molecular complexity index is 878. The monoisotopic (exact) mass is 404 g/mol. The van der Waals surface area contributed by atoms with Crippen molar-refractivity contribution in [1.82, 2.24) is 20.1 Å². The topological polar surface area (TPSA) is 73.0 Å². The molecule has 0 saturated carbocycles. The maximum Gasteiger partial charge on any atom is 0.230 e. The predicted octanol–water partition coefficient (Wildman–Crippen LogP) is 4.25. The molecule has 0 unspecified atom stereocenters. The van der Waals surface area contributed by atoms with E-state index < -0.39 is 0 Å². The lowest BCUT2D eigenvalue weighted by Crippen LogP contribution is -2.33. The highest BCUT2D eigenvalue weighted by molar-refractivity contribution is 7.99. The summed E-state index contributed by atoms with van der Waals surface area (Å²) in [5, 5.41) is 12.9. The van der Waals surface area contributed by atoms with Crippen LogP contribution in [0.1, 0.15) is 26.0 Å². The minimum atomic E-state index is -0.0186. The van der Waals surface area contributed by atoms with E-state index in [-0.39, 0.29) is 17.7 Å². The summed E-state index contributed by atoms with van der Waals surface area (Å²) in [7, 11) is 0. The molecule has 8 heteroatoms. The van der Waals surface area contributed by atoms with E-state index in [0.717, 1.165) is 17.7 Å². The Hall–Kier alpha value is -2.25. The van der Waals surface area contributed by atoms with Gasteiger partial charge in [0.05, 0.1) is 18.6 Å². The summed E-state index contributed by atoms with van der Waals surface area (Å²) in [6.07, 6.45) is 2.53. The van der Waals surface area contributed by atoms with Crippen LogP contribution in [0.15, 0.2) is 52.2 Å². The second kappa shape index (κ2) is 9.10. The Kier molecular flexibility index (Phi) is 6.58. The number of benzene rings is 1. The van der Waals surface area contributed by atoms with Crippen molar-refractivity contribution in [3.05, 3.63) is 53.4 Å². The molecule has 3 aromatic rings. The molecule has 27 heavy (non-hydrogen) atoms. The average Bonchev–Trinajstić information content (AvgIpc) is 3.31. The van der Waals surface area contributed by atoms with Gasteiger partial charge in [-0.25, -0.2) is 0 Å². The van der Waals surface area contributed by atoms with Crippen molar-refractivity contribution in [3.8, 4) is 11.4 Å². The van der Waals surface area contributed by atoms with E-state index in [0.29, 0.717) is 22.5 Å². The van der Waals surface area contributed by atoms with Crippen molar-refractivity contribution in [1.29, 1.82) is 0 Å². The number of carbonyl (C=O) groups is 1. The van der Waals surface area contributed by atoms with E-state index in [1.165, 1.54) is 11.8 Å². The highest BCUT2D eigenvalue weighted by atomic mass is 35.5. The van der Waals surface area contributed by atoms with Gasteiger partial charge in [0.1, 0.15) is 5.76 Å². The van der Waals surface area contributed by atoms with Gasteiger partial charge in [-0.05, 0) is 49.7 Å². The maximum absolute atomic E-state index is 12.1. The van der Waals surface area contributed by atoms with E-state index >= 15 is 0 Å². The van der Waals surface area contributed by atoms with Crippen molar-refractivity contribution in [2.24, 2.45) is 0 Å². The predicted molar refractivity (Wildman–Crippen MR) is 107 cm³/mol. The van der Waals surface area contributed by atoms with Gasteiger partial charge in [-0.3, -0.25) is 9.36 Å². The Morgan fingerprint density at radius 3 is 2.74 bits per heavy atom. The van der Waals surface area contributed by atoms with Crippen LogP contribution in [0.4, 0.5) is 0 Å². The molecule has 0 spiro atoms. The van der Waals surface area contributed by atoms with Gasteiger partial charge in [0.15, 0.2) is 11.0 Å². The lowest BCUT2D eigenvalue weighted by atomic mass is 10.2. The van der Waals surface area contributed by atoms with E-state index in [2.05, 4.69) is 15.5 Å². The SMILES string of the molecule is CC[C@H](C)NC(=O)CSc1nnc(-c2ccc(Cl)cc2)n1Cc1ccco1. The van der Waals surface area contributed by atoms with Crippen LogP contribution >= 0.6 is 23.4 Å². The first-order chi connectivity index (χ1) is 13.1. The zero-order valence-corrected chi connectivity index (χ0v) is 16.8. The summed E-state index contributed by atoms with van der Waals surface area (Å²) in [6.45, 7) is 4.50. The molecular formula is C19H21ClN4O2S. The second-order valence-corrected chi connectivity index (χ2v) is 7.52. The third-order valence-corrected chi connectivity index (χ3v) is 5.28. The van der Waals surface area contributed by atoms with Crippen molar-refractivity contribution in [2.45, 2.75) is 38.0 Å². The number of hydrogen-bond acceptors (Lipinski definition) is 5. The van der Waals surface area contributed by atoms with Crippen LogP contribution < -0.4 is 5.32 Å². The molecule has 6 nitrogen and oxygen atoms in total. The van der Waals surface area contributed by atoms with Gasteiger partial charge in [-0.2, -0.15) is 0 Å². The van der Waals surface area contributed by atoms with Crippen LogP contribution in [0.3, 0.4) is 0 Å². The first-order valence-electron chi connectivity index (χ1n) is 8.70. The molecule has 1 amide bonds. The van der Waals surface area contributed by atoms with Crippen LogP contribution in [0.2, 0.25) is 5.02 Å². The number of amides is 1. The van der Waals surface area contributed by atoms with Gasteiger partial charge in [0.2, 0.25) is 5.91 Å². The summed E-state index contributed by atoms with van der Waals surface area (Å²) in [5.74, 6) is 1.75. The molecular weight excluding hydrogens is 384 g/mol. The van der Waals surface area contributed by atoms with Crippen molar-refractivity contribution in [2.75, 3.05) is 5.75 Å². The van der Waals surface area contributed by atoms with Crippen molar-refractivity contribution in [3.63, 3.8) is 0 Å². The summed E-state index contributed by atoms with van der Waals surface area (Å²) >= 11 is 7.35. The fourth-order valence-electron chi connectivity index (χ4n) is 2.46. The molecule has 0 bridgehead atoms. The van der Waals surface area contributed by atoms with Crippen LogP contribution in [-0.4, -0.2) is 32.5 Å². The quantitative estimate of drug-likeness (QED) is 0.568. The molecule has 2 aromatic heterocycles. The van der Waals surface area contributed by atoms with E-state index in [9.17, 15) is 4.79 Å². The number of hydrogen-bond donors (Lipinski definition) is 1. The number of nitrogens with zero attached hydrogens (tertiary/aromatic N) is 3. The smallest absolute Gasteiger partial charge is 0.230 e. The fraction of sp³-hybridized carbons (Fsp3) is 0.316. The minimum absolute atomic E-state index is 0.0186. The minimum Gasteiger partial charge on any atom is -0.467 e. The largest absolute Gasteiger partial charge is 0.467 e. The van der Waals surface area contributed by atoms with Gasteiger partial charge < -0.3 is 9.73 Å². The normalized spacial score (nSPS) is 12.1. The third kappa shape index (κ3) is 5.14. The number of carbonyl (C=O) groups excluding carboxylic acids is 1. The molecule has 1 aromatic carbocycles. The Morgan fingerprint density at radius 2 is 2.07 bits per heavy atom. The molecule has 2 heterocycles. The first-order valence-corrected chi connectivity index (χ1v) is 10.1. The number of thioether (sulfide) groups is 1. The summed E-state index contributed by atoms with van der Waals surface area (Å²) < 4.78 is 7.43. The lowest BCUT2D eigenvalue weighted by molar-refractivity contribution is -0.119. The highest BCUT2D eigenvalue weighted by Crippen LogP contribution is 2.26. The number of rotatable bonds is 8. The standard InChI is InChI=1S/C19H21ClN4O2S/c1-3-13(2)21-17(25)12-27-19-23-22-18(14-6-8-15(20)9-7-14)24(19)11-16-5-4-10-26-16/h4-10,13H,3,11-12H2,1-2H3,(H,21,25)/t13-/m0/s1. The second-order valence-electron chi connectivity index (χ2n) is 6.14. The lowest BCUT2D eigenvalue weighted by Gasteiger charge is -2.11. The molecule has 1 N–H and O–H groups in total. The van der Waals surface area contributed by atoms with E-state index in [1.54, 1.807) is 6.26 Å². The molecule has 0 aliphatic heterocycles. The van der Waals surface area contributed by atoms with E-state index in [1.807, 2.05) is 54.8 Å². The maximum atomic E-state index is 12.1. The van der Waals surface area contributed by atoms with Crippen LogP contribution in [0.5, 0.6) is 0 Å². The van der Waals surface area contributed by atoms with Crippen LogP contribution in [-0.2, 0) is 11.3 Å². The van der Waals surface area contributed by atoms with Gasteiger partial charge in [0, 0.05) is 16.6 Å². The Morgan fingerprint density at radius 1 is 1.30 bits per heavy atom. The number of nitrogens with one attached hydrogen (secondary N) is 1. The summed E-state index contributed by atoms with van der Waals surface area (Å²) in [4.78, 5) is 12.1. The third-order valence-electron chi connectivity index (χ3n) is 4.07. The molecule has 0 aliphatic carbocycles. The fourth-order valence-corrected chi connectivity index (χ4v) is 3.33. The van der Waals surface area contributed by atoms with Crippen LogP contribution in [0, 0.1) is 0 Å². The molecule has 142 valence electrons.